The van der Waals surface area contributed by atoms with Gasteiger partial charge in [0.05, 0.1) is 0 Å². The van der Waals surface area contributed by atoms with Gasteiger partial charge >= 0.3 is 5.97 Å². The van der Waals surface area contributed by atoms with Crippen LogP contribution in [-0.2, 0) is 41.6 Å². The molecule has 0 saturated carbocycles. The van der Waals surface area contributed by atoms with Crippen molar-refractivity contribution in [2.24, 2.45) is 16.5 Å². The predicted molar refractivity (Wildman–Crippen MR) is 204 cm³/mol. The molecule has 0 aliphatic rings. The number of aromatic amines is 1. The summed E-state index contributed by atoms with van der Waals surface area (Å²) in [7, 11) is 0. The quantitative estimate of drug-likeness (QED) is 0.0409. The van der Waals surface area contributed by atoms with Crippen molar-refractivity contribution in [1.82, 2.24) is 31.6 Å². The molecule has 0 fully saturated rings. The van der Waals surface area contributed by atoms with E-state index in [0.717, 1.165) is 16.5 Å². The van der Waals surface area contributed by atoms with Gasteiger partial charge in [0.25, 0.3) is 0 Å². The van der Waals surface area contributed by atoms with Gasteiger partial charge < -0.3 is 48.1 Å². The summed E-state index contributed by atoms with van der Waals surface area (Å²) in [6.07, 6.45) is 4.11. The number of carbonyl (C=O) groups excluding carboxylic acids is 5. The average Bonchev–Trinajstić information content (AvgIpc) is 3.52. The standard InChI is InChI=1S/C36H49N9O7S/c1-21(41-22(2)46)31(47)44-29(19-24-20-40-26-13-8-7-12-25(24)26)34(50)43-28(15-17-53-3)33(49)42-27(14-9-16-39-36(37)38)32(48)45-30(35(51)52)18-23-10-5-4-6-11-23/h4-8,10-13,20-21,27-30,40H,9,14-19H2,1-3H3,(H,41,46)(H,42,49)(H,43,50)(H,44,47)(H,45,48)(H,51,52)(H4,37,38,39). The lowest BCUT2D eigenvalue weighted by atomic mass is 10.0. The van der Waals surface area contributed by atoms with E-state index in [1.54, 1.807) is 36.5 Å². The Morgan fingerprint density at radius 2 is 1.36 bits per heavy atom. The van der Waals surface area contributed by atoms with Crippen molar-refractivity contribution in [1.29, 1.82) is 0 Å². The first kappa shape index (κ1) is 41.8. The highest BCUT2D eigenvalue weighted by atomic mass is 32.2. The molecule has 3 rings (SSSR count). The Kier molecular flexibility index (Phi) is 16.6. The molecule has 0 bridgehead atoms. The molecule has 0 aliphatic heterocycles. The summed E-state index contributed by atoms with van der Waals surface area (Å²) >= 11 is 1.44. The Morgan fingerprint density at radius 3 is 1.98 bits per heavy atom. The second kappa shape index (κ2) is 21.1. The maximum Gasteiger partial charge on any atom is 0.326 e. The number of aromatic nitrogens is 1. The molecule has 5 atom stereocenters. The van der Waals surface area contributed by atoms with Crippen molar-refractivity contribution >= 4 is 64.1 Å². The Morgan fingerprint density at radius 1 is 0.774 bits per heavy atom. The number of aliphatic imine (C=N–C) groups is 1. The number of hydrogen-bond donors (Lipinski definition) is 9. The number of nitrogens with two attached hydrogens (primary N) is 2. The summed E-state index contributed by atoms with van der Waals surface area (Å²) < 4.78 is 0. The van der Waals surface area contributed by atoms with Gasteiger partial charge in [-0.2, -0.15) is 11.8 Å². The number of hydrogen-bond acceptors (Lipinski definition) is 8. The van der Waals surface area contributed by atoms with Gasteiger partial charge in [-0.05, 0) is 55.4 Å². The van der Waals surface area contributed by atoms with Gasteiger partial charge in [-0.25, -0.2) is 4.79 Å². The summed E-state index contributed by atoms with van der Waals surface area (Å²) in [4.78, 5) is 85.4. The minimum absolute atomic E-state index is 0.00702. The van der Waals surface area contributed by atoms with Crippen LogP contribution in [0, 0.1) is 0 Å². The summed E-state index contributed by atoms with van der Waals surface area (Å²) in [5.74, 6) is -4.07. The lowest BCUT2D eigenvalue weighted by Crippen LogP contribution is -2.59. The number of nitrogens with zero attached hydrogens (tertiary/aromatic N) is 1. The number of nitrogens with one attached hydrogen (secondary N) is 6. The van der Waals surface area contributed by atoms with Crippen LogP contribution < -0.4 is 38.1 Å². The maximum absolute atomic E-state index is 14.0. The number of carbonyl (C=O) groups is 6. The smallest absolute Gasteiger partial charge is 0.326 e. The van der Waals surface area contributed by atoms with E-state index in [1.807, 2.05) is 30.5 Å². The lowest BCUT2D eigenvalue weighted by molar-refractivity contribution is -0.142. The van der Waals surface area contributed by atoms with Gasteiger partial charge in [0.15, 0.2) is 5.96 Å². The molecule has 0 radical (unpaired) electrons. The number of amides is 5. The van der Waals surface area contributed by atoms with E-state index >= 15 is 0 Å². The normalized spacial score (nSPS) is 13.7. The molecule has 3 aromatic rings. The largest absolute Gasteiger partial charge is 0.480 e. The number of carboxylic acids is 1. The van der Waals surface area contributed by atoms with Crippen LogP contribution in [0.2, 0.25) is 0 Å². The zero-order valence-electron chi connectivity index (χ0n) is 30.0. The first-order valence-corrected chi connectivity index (χ1v) is 18.5. The summed E-state index contributed by atoms with van der Waals surface area (Å²) in [6, 6.07) is 10.5. The van der Waals surface area contributed by atoms with Crippen LogP contribution in [0.25, 0.3) is 10.9 Å². The van der Waals surface area contributed by atoms with Gasteiger partial charge in [-0.1, -0.05) is 48.5 Å². The van der Waals surface area contributed by atoms with Gasteiger partial charge in [0, 0.05) is 43.4 Å². The highest BCUT2D eigenvalue weighted by Crippen LogP contribution is 2.19. The SMILES string of the molecule is CSCCC(NC(=O)C(Cc1c[nH]c2ccccc12)NC(=O)C(C)NC(C)=O)C(=O)NC(CCCN=C(N)N)C(=O)NC(Cc1ccccc1)C(=O)O. The molecular formula is C36H49N9O7S. The highest BCUT2D eigenvalue weighted by Gasteiger charge is 2.32. The molecule has 53 heavy (non-hydrogen) atoms. The minimum Gasteiger partial charge on any atom is -0.480 e. The molecule has 16 nitrogen and oxygen atoms in total. The fourth-order valence-corrected chi connectivity index (χ4v) is 6.01. The van der Waals surface area contributed by atoms with Crippen LogP contribution in [0.15, 0.2) is 65.8 Å². The molecule has 5 amide bonds. The third-order valence-corrected chi connectivity index (χ3v) is 8.91. The van der Waals surface area contributed by atoms with E-state index in [9.17, 15) is 33.9 Å². The first-order chi connectivity index (χ1) is 25.3. The predicted octanol–water partition coefficient (Wildman–Crippen LogP) is 0.308. The average molecular weight is 752 g/mol. The molecule has 5 unspecified atom stereocenters. The molecule has 0 saturated heterocycles. The Labute approximate surface area is 312 Å². The summed E-state index contributed by atoms with van der Waals surface area (Å²) in [6.45, 7) is 2.90. The number of thioether (sulfide) groups is 1. The van der Waals surface area contributed by atoms with Crippen molar-refractivity contribution < 1.29 is 33.9 Å². The number of guanidine groups is 1. The van der Waals surface area contributed by atoms with E-state index < -0.39 is 65.7 Å². The van der Waals surface area contributed by atoms with Gasteiger partial charge in [0.1, 0.15) is 30.2 Å². The van der Waals surface area contributed by atoms with Crippen LogP contribution in [0.3, 0.4) is 0 Å². The van der Waals surface area contributed by atoms with E-state index in [1.165, 1.54) is 25.6 Å². The van der Waals surface area contributed by atoms with E-state index in [0.29, 0.717) is 11.3 Å². The molecular weight excluding hydrogens is 703 g/mol. The monoisotopic (exact) mass is 751 g/mol. The van der Waals surface area contributed by atoms with Gasteiger partial charge in [0.2, 0.25) is 29.5 Å². The fourth-order valence-electron chi connectivity index (χ4n) is 5.54. The molecule has 17 heteroatoms. The molecule has 1 aromatic heterocycles. The molecule has 2 aromatic carbocycles. The number of para-hydroxylation sites is 1. The van der Waals surface area contributed by atoms with Crippen molar-refractivity contribution in [3.05, 3.63) is 71.9 Å². The van der Waals surface area contributed by atoms with Gasteiger partial charge in [-0.15, -0.1) is 0 Å². The van der Waals surface area contributed by atoms with Gasteiger partial charge in [-0.3, -0.25) is 29.0 Å². The molecule has 1 heterocycles. The summed E-state index contributed by atoms with van der Waals surface area (Å²) in [5, 5.41) is 23.9. The number of benzene rings is 2. The van der Waals surface area contributed by atoms with Crippen LogP contribution in [0.1, 0.15) is 44.2 Å². The van der Waals surface area contributed by atoms with Crippen LogP contribution in [-0.4, -0.2) is 100 Å². The zero-order valence-corrected chi connectivity index (χ0v) is 30.8. The zero-order chi connectivity index (χ0) is 38.9. The lowest BCUT2D eigenvalue weighted by Gasteiger charge is -2.26. The molecule has 0 spiro atoms. The molecule has 11 N–H and O–H groups in total. The second-order valence-corrected chi connectivity index (χ2v) is 13.5. The highest BCUT2D eigenvalue weighted by molar-refractivity contribution is 7.98. The van der Waals surface area contributed by atoms with Crippen molar-refractivity contribution in [3.8, 4) is 0 Å². The third-order valence-electron chi connectivity index (χ3n) is 8.26. The summed E-state index contributed by atoms with van der Waals surface area (Å²) in [5.41, 5.74) is 13.1. The van der Waals surface area contributed by atoms with E-state index in [4.69, 9.17) is 11.5 Å². The van der Waals surface area contributed by atoms with Crippen LogP contribution in [0.4, 0.5) is 0 Å². The number of H-pyrrole nitrogens is 1. The number of fused-ring (bicyclic) bond motifs is 1. The van der Waals surface area contributed by atoms with Crippen LogP contribution in [0.5, 0.6) is 0 Å². The van der Waals surface area contributed by atoms with Crippen molar-refractivity contribution in [3.63, 3.8) is 0 Å². The molecule has 0 aliphatic carbocycles. The number of rotatable bonds is 21. The Balaban J connectivity index is 1.85. The minimum atomic E-state index is -1.29. The number of aliphatic carboxylic acids is 1. The Bertz CT molecular complexity index is 1750. The fraction of sp³-hybridized carbons (Fsp3) is 0.417. The molecule has 286 valence electrons. The van der Waals surface area contributed by atoms with Crippen LogP contribution >= 0.6 is 11.8 Å². The van der Waals surface area contributed by atoms with Crippen molar-refractivity contribution in [2.75, 3.05) is 18.6 Å². The maximum atomic E-state index is 14.0. The first-order valence-electron chi connectivity index (χ1n) is 17.1. The van der Waals surface area contributed by atoms with E-state index in [-0.39, 0.29) is 44.6 Å². The third kappa shape index (κ3) is 13.8. The number of carboxylic acid groups (broad SMARTS) is 1. The van der Waals surface area contributed by atoms with Crippen molar-refractivity contribution in [2.45, 2.75) is 76.2 Å². The topological polar surface area (TPSA) is 263 Å². The Hall–Kier alpha value is -5.58. The second-order valence-electron chi connectivity index (χ2n) is 12.5. The van der Waals surface area contributed by atoms with E-state index in [2.05, 4.69) is 36.6 Å².